The van der Waals surface area contributed by atoms with E-state index in [9.17, 15) is 5.48 Å². The van der Waals surface area contributed by atoms with E-state index in [1.807, 2.05) is 84.9 Å². The quantitative estimate of drug-likeness (QED) is 0.157. The smallest absolute Gasteiger partial charge is 0.0645 e. The van der Waals surface area contributed by atoms with Crippen LogP contribution in [0.25, 0.3) is 72.0 Å². The standard InChI is InChI=1S/C57H42N2/c1-57(2)53-22-11-9-20-49(53)50-34-33-48(38-54(50)57)58(46-31-28-42(29-32-46)41-26-24-40(25-27-41)39-14-5-3-6-15-39)47-19-13-16-43(36-47)44-30-35-56-52(37-44)51-21-10-12-23-55(51)59(56)45-17-7-4-8-18-45/h3-38H,1-2H3/i3D,5D,6D,14D,15D,24D,25D,26D,27D,28D,29D,31D,32D. The molecule has 1 aliphatic rings. The number of nitrogens with zero attached hydrogens (tertiary/aromatic N) is 2. The Morgan fingerprint density at radius 1 is 0.407 bits per heavy atom. The van der Waals surface area contributed by atoms with Crippen molar-refractivity contribution in [3.8, 4) is 50.2 Å². The fourth-order valence-corrected chi connectivity index (χ4v) is 8.55. The highest BCUT2D eigenvalue weighted by molar-refractivity contribution is 6.10. The molecule has 1 heterocycles. The van der Waals surface area contributed by atoms with Crippen molar-refractivity contribution < 1.29 is 17.8 Å². The summed E-state index contributed by atoms with van der Waals surface area (Å²) in [5.41, 5.74) is 7.51. The summed E-state index contributed by atoms with van der Waals surface area (Å²) in [7, 11) is 0. The average molecular weight is 768 g/mol. The Kier molecular flexibility index (Phi) is 5.59. The van der Waals surface area contributed by atoms with E-state index in [1.165, 1.54) is 0 Å². The molecule has 0 radical (unpaired) electrons. The van der Waals surface area contributed by atoms with Gasteiger partial charge in [-0.15, -0.1) is 0 Å². The van der Waals surface area contributed by atoms with Crippen LogP contribution in [0.5, 0.6) is 0 Å². The second-order valence-corrected chi connectivity index (χ2v) is 15.2. The summed E-state index contributed by atoms with van der Waals surface area (Å²) in [5, 5.41) is 2.12. The van der Waals surface area contributed by atoms with Gasteiger partial charge >= 0.3 is 0 Å². The third kappa shape index (κ3) is 5.87. The van der Waals surface area contributed by atoms with E-state index in [1.54, 1.807) is 4.90 Å². The number of fused-ring (bicyclic) bond motifs is 6. The molecule has 11 rings (SSSR count). The lowest BCUT2D eigenvalue weighted by Crippen LogP contribution is -2.16. The SMILES string of the molecule is [2H]c1c([2H])c([2H])c(-c2c([2H])c([2H])c(-c3c([2H])c([2H])c(N(c4cccc(-c5ccc6c(c5)c5ccccc5n6-c5ccccc5)c4)c4ccc5c(c4)C(C)(C)c4ccccc4-5)c([2H])c3[2H])c([2H])c2[2H])c([2H])c1[2H]. The second kappa shape index (κ2) is 13.9. The summed E-state index contributed by atoms with van der Waals surface area (Å²) in [6.07, 6.45) is 0. The topological polar surface area (TPSA) is 8.17 Å². The molecule has 0 atom stereocenters. The minimum atomic E-state index is -0.770. The van der Waals surface area contributed by atoms with Crippen LogP contribution in [0, 0.1) is 0 Å². The summed E-state index contributed by atoms with van der Waals surface area (Å²) < 4.78 is 119. The predicted octanol–water partition coefficient (Wildman–Crippen LogP) is 15.6. The lowest BCUT2D eigenvalue weighted by Gasteiger charge is -2.28. The third-order valence-corrected chi connectivity index (χ3v) is 11.4. The number of aromatic nitrogens is 1. The van der Waals surface area contributed by atoms with Gasteiger partial charge in [0.25, 0.3) is 0 Å². The van der Waals surface area contributed by atoms with Crippen LogP contribution in [-0.4, -0.2) is 4.57 Å². The van der Waals surface area contributed by atoms with Crippen LogP contribution < -0.4 is 4.90 Å². The first-order chi connectivity index (χ1) is 34.4. The summed E-state index contributed by atoms with van der Waals surface area (Å²) >= 11 is 0. The van der Waals surface area contributed by atoms with Gasteiger partial charge in [0.2, 0.25) is 0 Å². The van der Waals surface area contributed by atoms with Crippen molar-refractivity contribution in [2.75, 3.05) is 4.90 Å². The van der Waals surface area contributed by atoms with E-state index in [0.29, 0.717) is 11.4 Å². The van der Waals surface area contributed by atoms with Crippen LogP contribution >= 0.6 is 0 Å². The van der Waals surface area contributed by atoms with Crippen molar-refractivity contribution in [2.45, 2.75) is 19.3 Å². The minimum Gasteiger partial charge on any atom is -0.310 e. The van der Waals surface area contributed by atoms with E-state index in [-0.39, 0.29) is 5.69 Å². The molecule has 2 heteroatoms. The number of rotatable bonds is 7. The first kappa shape index (κ1) is 23.7. The third-order valence-electron chi connectivity index (χ3n) is 11.4. The first-order valence-corrected chi connectivity index (χ1v) is 19.5. The highest BCUT2D eigenvalue weighted by Crippen LogP contribution is 2.51. The molecule has 2 nitrogen and oxygen atoms in total. The highest BCUT2D eigenvalue weighted by Gasteiger charge is 2.35. The molecule has 0 bridgehead atoms. The average Bonchev–Trinajstić information content (AvgIpc) is 3.84. The van der Waals surface area contributed by atoms with E-state index >= 15 is 0 Å². The van der Waals surface area contributed by atoms with Gasteiger partial charge in [-0.05, 0) is 122 Å². The van der Waals surface area contributed by atoms with Crippen LogP contribution in [0.3, 0.4) is 0 Å². The predicted molar refractivity (Wildman–Crippen MR) is 249 cm³/mol. The molecule has 0 spiro atoms. The van der Waals surface area contributed by atoms with Crippen LogP contribution in [0.2, 0.25) is 0 Å². The van der Waals surface area contributed by atoms with Gasteiger partial charge in [0.05, 0.1) is 28.9 Å². The second-order valence-electron chi connectivity index (χ2n) is 15.2. The minimum absolute atomic E-state index is 0.119. The van der Waals surface area contributed by atoms with E-state index in [2.05, 4.69) is 73.0 Å². The Morgan fingerprint density at radius 3 is 1.80 bits per heavy atom. The van der Waals surface area contributed by atoms with Crippen LogP contribution in [0.15, 0.2) is 218 Å². The molecule has 59 heavy (non-hydrogen) atoms. The maximum atomic E-state index is 9.74. The fraction of sp³-hybridized carbons (Fsp3) is 0.0526. The van der Waals surface area contributed by atoms with E-state index in [4.69, 9.17) is 12.3 Å². The van der Waals surface area contributed by atoms with Gasteiger partial charge in [-0.2, -0.15) is 0 Å². The van der Waals surface area contributed by atoms with Crippen molar-refractivity contribution in [2.24, 2.45) is 0 Å². The fourth-order valence-electron chi connectivity index (χ4n) is 8.55. The molecular weight excluding hydrogens is 713 g/mol. The summed E-state index contributed by atoms with van der Waals surface area (Å²) in [6.45, 7) is 4.28. The number of hydrogen-bond donors (Lipinski definition) is 0. The Morgan fingerprint density at radius 2 is 1.02 bits per heavy atom. The zero-order valence-electron chi connectivity index (χ0n) is 45.2. The lowest BCUT2D eigenvalue weighted by atomic mass is 9.82. The Hall–Kier alpha value is -7.42. The largest absolute Gasteiger partial charge is 0.310 e. The molecule has 0 saturated heterocycles. The Labute approximate surface area is 364 Å². The molecule has 9 aromatic carbocycles. The van der Waals surface area contributed by atoms with Crippen LogP contribution in [-0.2, 0) is 5.41 Å². The molecule has 0 N–H and O–H groups in total. The first-order valence-electron chi connectivity index (χ1n) is 26.0. The van der Waals surface area contributed by atoms with E-state index in [0.717, 1.165) is 60.9 Å². The van der Waals surface area contributed by atoms with Gasteiger partial charge < -0.3 is 9.47 Å². The van der Waals surface area contributed by atoms with Gasteiger partial charge in [0.1, 0.15) is 0 Å². The van der Waals surface area contributed by atoms with Gasteiger partial charge in [-0.1, -0.05) is 165 Å². The van der Waals surface area contributed by atoms with Crippen LogP contribution in [0.4, 0.5) is 17.1 Å². The summed E-state index contributed by atoms with van der Waals surface area (Å²) in [4.78, 5) is 1.70. The van der Waals surface area contributed by atoms with Gasteiger partial charge in [0, 0.05) is 38.9 Å². The van der Waals surface area contributed by atoms with Crippen molar-refractivity contribution in [1.82, 2.24) is 4.57 Å². The number of anilines is 3. The van der Waals surface area contributed by atoms with Crippen molar-refractivity contribution in [3.05, 3.63) is 229 Å². The maximum Gasteiger partial charge on any atom is 0.0645 e. The molecule has 0 aliphatic heterocycles. The molecule has 0 unspecified atom stereocenters. The zero-order chi connectivity index (χ0) is 50.8. The molecule has 1 aliphatic carbocycles. The molecule has 1 aromatic heterocycles. The summed E-state index contributed by atoms with van der Waals surface area (Å²) in [6, 6.07) is 37.6. The lowest BCUT2D eigenvalue weighted by molar-refractivity contribution is 0.660. The Balaban J connectivity index is 1.11. The molecule has 280 valence electrons. The molecular formula is C57H42N2. The van der Waals surface area contributed by atoms with Crippen molar-refractivity contribution >= 4 is 38.9 Å². The van der Waals surface area contributed by atoms with Gasteiger partial charge in [0.15, 0.2) is 0 Å². The number of benzene rings is 9. The number of hydrogen-bond acceptors (Lipinski definition) is 1. The maximum absolute atomic E-state index is 9.74. The van der Waals surface area contributed by atoms with E-state index < -0.39 is 106 Å². The molecule has 0 saturated carbocycles. The summed E-state index contributed by atoms with van der Waals surface area (Å²) in [5.74, 6) is 0. The monoisotopic (exact) mass is 767 g/mol. The van der Waals surface area contributed by atoms with Gasteiger partial charge in [-0.25, -0.2) is 0 Å². The van der Waals surface area contributed by atoms with Crippen molar-refractivity contribution in [3.63, 3.8) is 0 Å². The molecule has 0 amide bonds. The molecule has 10 aromatic rings. The van der Waals surface area contributed by atoms with Gasteiger partial charge in [-0.3, -0.25) is 0 Å². The van der Waals surface area contributed by atoms with Crippen molar-refractivity contribution in [1.29, 1.82) is 0 Å². The molecule has 0 fully saturated rings. The van der Waals surface area contributed by atoms with Crippen LogP contribution in [0.1, 0.15) is 42.8 Å². The normalized spacial score (nSPS) is 15.8. The Bertz CT molecular complexity index is 3870. The highest BCUT2D eigenvalue weighted by atomic mass is 15.1. The zero-order valence-corrected chi connectivity index (χ0v) is 32.2. The number of para-hydroxylation sites is 2.